The van der Waals surface area contributed by atoms with Crippen LogP contribution in [0, 0.1) is 0 Å². The number of para-hydroxylation sites is 1. The van der Waals surface area contributed by atoms with Crippen LogP contribution < -0.4 is 16.0 Å². The summed E-state index contributed by atoms with van der Waals surface area (Å²) in [5.41, 5.74) is 2.78. The second kappa shape index (κ2) is 8.31. The maximum atomic E-state index is 12.7. The van der Waals surface area contributed by atoms with Crippen molar-refractivity contribution in [3.8, 4) is 0 Å². The predicted molar refractivity (Wildman–Crippen MR) is 114 cm³/mol. The summed E-state index contributed by atoms with van der Waals surface area (Å²) in [6, 6.07) is 12.7. The van der Waals surface area contributed by atoms with Crippen molar-refractivity contribution in [1.29, 1.82) is 0 Å². The highest BCUT2D eigenvalue weighted by atomic mass is 16.2. The molecule has 1 atom stereocenters. The third-order valence-corrected chi connectivity index (χ3v) is 5.17. The molecule has 9 heteroatoms. The molecule has 5 amide bonds. The van der Waals surface area contributed by atoms with E-state index in [2.05, 4.69) is 20.9 Å². The van der Waals surface area contributed by atoms with Crippen LogP contribution in [-0.4, -0.2) is 53.3 Å². The Balaban J connectivity index is 1.38. The summed E-state index contributed by atoms with van der Waals surface area (Å²) < 4.78 is 0. The van der Waals surface area contributed by atoms with Gasteiger partial charge in [0, 0.05) is 41.8 Å². The molecule has 158 valence electrons. The number of rotatable bonds is 6. The maximum absolute atomic E-state index is 12.7. The maximum Gasteiger partial charge on any atom is 0.325 e. The number of urea groups is 1. The quantitative estimate of drug-likeness (QED) is 0.454. The average Bonchev–Trinajstić information content (AvgIpc) is 3.30. The molecule has 1 aliphatic heterocycles. The number of H-pyrrole nitrogens is 1. The Morgan fingerprint density at radius 2 is 1.81 bits per heavy atom. The molecule has 4 rings (SSSR count). The molecule has 1 fully saturated rings. The molecule has 0 aliphatic carbocycles. The lowest BCUT2D eigenvalue weighted by atomic mass is 10.1. The first-order chi connectivity index (χ1) is 15.0. The third-order valence-electron chi connectivity index (χ3n) is 5.17. The van der Waals surface area contributed by atoms with Gasteiger partial charge in [0.15, 0.2) is 0 Å². The van der Waals surface area contributed by atoms with Crippen molar-refractivity contribution in [2.75, 3.05) is 18.9 Å². The SMILES string of the molecule is CNC(=O)c1ccc(NC(=O)CN2C(=O)NC(Cc3c[nH]c4ccccc34)C2=O)cc1. The van der Waals surface area contributed by atoms with Crippen LogP contribution in [0.25, 0.3) is 10.9 Å². The number of carbonyl (C=O) groups excluding carboxylic acids is 4. The fourth-order valence-electron chi connectivity index (χ4n) is 3.58. The minimum atomic E-state index is -0.730. The van der Waals surface area contributed by atoms with E-state index in [9.17, 15) is 19.2 Å². The molecule has 2 aromatic carbocycles. The van der Waals surface area contributed by atoms with Gasteiger partial charge in [-0.15, -0.1) is 0 Å². The van der Waals surface area contributed by atoms with Crippen molar-refractivity contribution in [3.05, 3.63) is 65.9 Å². The molecule has 3 aromatic rings. The number of benzene rings is 2. The van der Waals surface area contributed by atoms with Gasteiger partial charge in [0.1, 0.15) is 12.6 Å². The number of imide groups is 1. The predicted octanol–water partition coefficient (Wildman–Crippen LogP) is 1.63. The van der Waals surface area contributed by atoms with E-state index in [0.29, 0.717) is 17.7 Å². The molecule has 1 saturated heterocycles. The Morgan fingerprint density at radius 1 is 1.06 bits per heavy atom. The van der Waals surface area contributed by atoms with Crippen molar-refractivity contribution >= 4 is 40.3 Å². The Bertz CT molecular complexity index is 1170. The summed E-state index contributed by atoms with van der Waals surface area (Å²) in [5.74, 6) is -1.19. The Hall–Kier alpha value is -4.14. The van der Waals surface area contributed by atoms with Crippen molar-refractivity contribution in [2.24, 2.45) is 0 Å². The van der Waals surface area contributed by atoms with Gasteiger partial charge in [-0.1, -0.05) is 18.2 Å². The molecule has 2 heterocycles. The van der Waals surface area contributed by atoms with Crippen molar-refractivity contribution in [1.82, 2.24) is 20.5 Å². The van der Waals surface area contributed by atoms with Crippen LogP contribution in [0.1, 0.15) is 15.9 Å². The second-order valence-corrected chi connectivity index (χ2v) is 7.19. The van der Waals surface area contributed by atoms with Crippen LogP contribution in [0.5, 0.6) is 0 Å². The van der Waals surface area contributed by atoms with E-state index < -0.39 is 30.4 Å². The standard InChI is InChI=1S/C22H21N5O4/c1-23-20(29)13-6-8-15(9-7-13)25-19(28)12-27-21(30)18(26-22(27)31)10-14-11-24-17-5-3-2-4-16(14)17/h2-9,11,18,24H,10,12H2,1H3,(H,23,29)(H,25,28)(H,26,31). The lowest BCUT2D eigenvalue weighted by molar-refractivity contribution is -0.130. The van der Waals surface area contributed by atoms with Crippen molar-refractivity contribution in [3.63, 3.8) is 0 Å². The zero-order valence-corrected chi connectivity index (χ0v) is 16.8. The van der Waals surface area contributed by atoms with Gasteiger partial charge in [0.2, 0.25) is 5.91 Å². The molecule has 31 heavy (non-hydrogen) atoms. The van der Waals surface area contributed by atoms with E-state index in [4.69, 9.17) is 0 Å². The number of nitrogens with one attached hydrogen (secondary N) is 4. The number of carbonyl (C=O) groups is 4. The highest BCUT2D eigenvalue weighted by Crippen LogP contribution is 2.21. The van der Waals surface area contributed by atoms with Crippen LogP contribution in [0.15, 0.2) is 54.7 Å². The van der Waals surface area contributed by atoms with Crippen LogP contribution in [-0.2, 0) is 16.0 Å². The Labute approximate surface area is 177 Å². The smallest absolute Gasteiger partial charge is 0.325 e. The fourth-order valence-corrected chi connectivity index (χ4v) is 3.58. The number of fused-ring (bicyclic) bond motifs is 1. The van der Waals surface area contributed by atoms with Gasteiger partial charge >= 0.3 is 6.03 Å². The molecule has 0 bridgehead atoms. The summed E-state index contributed by atoms with van der Waals surface area (Å²) in [4.78, 5) is 53.0. The molecular weight excluding hydrogens is 398 g/mol. The summed E-state index contributed by atoms with van der Waals surface area (Å²) >= 11 is 0. The number of hydrogen-bond acceptors (Lipinski definition) is 4. The number of anilines is 1. The topological polar surface area (TPSA) is 123 Å². The van der Waals surface area contributed by atoms with E-state index in [0.717, 1.165) is 21.4 Å². The van der Waals surface area contributed by atoms with Crippen molar-refractivity contribution in [2.45, 2.75) is 12.5 Å². The Kier molecular flexibility index (Phi) is 5.40. The minimum Gasteiger partial charge on any atom is -0.361 e. The first-order valence-electron chi connectivity index (χ1n) is 9.75. The summed E-state index contributed by atoms with van der Waals surface area (Å²) in [6.07, 6.45) is 2.15. The van der Waals surface area contributed by atoms with E-state index in [1.807, 2.05) is 30.5 Å². The zero-order valence-electron chi connectivity index (χ0n) is 16.8. The van der Waals surface area contributed by atoms with Gasteiger partial charge in [0.05, 0.1) is 0 Å². The second-order valence-electron chi connectivity index (χ2n) is 7.19. The molecule has 1 aliphatic rings. The minimum absolute atomic E-state index is 0.238. The van der Waals surface area contributed by atoms with Crippen molar-refractivity contribution < 1.29 is 19.2 Å². The number of nitrogens with zero attached hydrogens (tertiary/aromatic N) is 1. The molecule has 1 aromatic heterocycles. The summed E-state index contributed by atoms with van der Waals surface area (Å²) in [6.45, 7) is -0.397. The lowest BCUT2D eigenvalue weighted by Crippen LogP contribution is -2.38. The fraction of sp³-hybridized carbons (Fsp3) is 0.182. The van der Waals surface area contributed by atoms with Crippen LogP contribution in [0.2, 0.25) is 0 Å². The largest absolute Gasteiger partial charge is 0.361 e. The molecule has 0 spiro atoms. The first kappa shape index (κ1) is 20.1. The molecule has 4 N–H and O–H groups in total. The van der Waals surface area contributed by atoms with E-state index in [1.54, 1.807) is 24.3 Å². The van der Waals surface area contributed by atoms with Gasteiger partial charge in [0.25, 0.3) is 11.8 Å². The monoisotopic (exact) mass is 419 g/mol. The number of amides is 5. The molecule has 0 radical (unpaired) electrons. The molecule has 0 saturated carbocycles. The zero-order chi connectivity index (χ0) is 22.0. The third kappa shape index (κ3) is 4.11. The van der Waals surface area contributed by atoms with Crippen LogP contribution >= 0.6 is 0 Å². The highest BCUT2D eigenvalue weighted by Gasteiger charge is 2.39. The summed E-state index contributed by atoms with van der Waals surface area (Å²) in [7, 11) is 1.53. The van der Waals surface area contributed by atoms with Gasteiger partial charge in [-0.2, -0.15) is 0 Å². The van der Waals surface area contributed by atoms with Gasteiger partial charge in [-0.3, -0.25) is 19.3 Å². The number of hydrogen-bond donors (Lipinski definition) is 4. The lowest BCUT2D eigenvalue weighted by Gasteiger charge is -2.13. The van der Waals surface area contributed by atoms with E-state index in [1.165, 1.54) is 7.05 Å². The van der Waals surface area contributed by atoms with Gasteiger partial charge in [-0.05, 0) is 35.9 Å². The average molecular weight is 419 g/mol. The molecule has 1 unspecified atom stereocenters. The summed E-state index contributed by atoms with van der Waals surface area (Å²) in [5, 5.41) is 8.78. The number of aromatic amines is 1. The van der Waals surface area contributed by atoms with E-state index >= 15 is 0 Å². The van der Waals surface area contributed by atoms with Crippen LogP contribution in [0.4, 0.5) is 10.5 Å². The Morgan fingerprint density at radius 3 is 2.55 bits per heavy atom. The van der Waals surface area contributed by atoms with Gasteiger partial charge in [-0.25, -0.2) is 4.79 Å². The van der Waals surface area contributed by atoms with Crippen LogP contribution in [0.3, 0.4) is 0 Å². The van der Waals surface area contributed by atoms with Gasteiger partial charge < -0.3 is 20.9 Å². The first-order valence-corrected chi connectivity index (χ1v) is 9.75. The highest BCUT2D eigenvalue weighted by molar-refractivity contribution is 6.08. The molecule has 9 nitrogen and oxygen atoms in total. The molecular formula is C22H21N5O4. The van der Waals surface area contributed by atoms with E-state index in [-0.39, 0.29) is 5.91 Å². The number of aromatic nitrogens is 1. The normalized spacial score (nSPS) is 15.8.